The number of nitrogens with two attached hydrogens (primary N) is 1. The number of hydrogen-bond acceptors (Lipinski definition) is 4. The second-order valence-corrected chi connectivity index (χ2v) is 6.83. The fourth-order valence-electron chi connectivity index (χ4n) is 4.42. The summed E-state index contributed by atoms with van der Waals surface area (Å²) < 4.78 is 11.9. The van der Waals surface area contributed by atoms with Crippen LogP contribution in [0.1, 0.15) is 45.4 Å². The van der Waals surface area contributed by atoms with E-state index < -0.39 is 0 Å². The van der Waals surface area contributed by atoms with Crippen LogP contribution in [-0.4, -0.2) is 49.6 Å². The SMILES string of the molecule is CCC1CCC(CN)C(N2CCCC3(C2)OCCO3)C1. The summed E-state index contributed by atoms with van der Waals surface area (Å²) in [4.78, 5) is 2.63. The maximum Gasteiger partial charge on any atom is 0.181 e. The van der Waals surface area contributed by atoms with E-state index in [4.69, 9.17) is 15.2 Å². The molecule has 0 aromatic rings. The molecule has 1 aliphatic carbocycles. The van der Waals surface area contributed by atoms with Crippen LogP contribution in [0.25, 0.3) is 0 Å². The van der Waals surface area contributed by atoms with Crippen LogP contribution in [-0.2, 0) is 9.47 Å². The Morgan fingerprint density at radius 1 is 1.25 bits per heavy atom. The Balaban J connectivity index is 1.68. The summed E-state index contributed by atoms with van der Waals surface area (Å²) in [6.45, 7) is 6.81. The third kappa shape index (κ3) is 2.89. The molecule has 3 aliphatic rings. The van der Waals surface area contributed by atoms with Crippen molar-refractivity contribution in [3.8, 4) is 0 Å². The van der Waals surface area contributed by atoms with Crippen molar-refractivity contribution in [3.63, 3.8) is 0 Å². The summed E-state index contributed by atoms with van der Waals surface area (Å²) in [7, 11) is 0. The summed E-state index contributed by atoms with van der Waals surface area (Å²) >= 11 is 0. The largest absolute Gasteiger partial charge is 0.346 e. The van der Waals surface area contributed by atoms with Crippen LogP contribution < -0.4 is 5.73 Å². The lowest BCUT2D eigenvalue weighted by atomic mass is 9.76. The molecule has 4 nitrogen and oxygen atoms in total. The van der Waals surface area contributed by atoms with Gasteiger partial charge in [0.15, 0.2) is 5.79 Å². The van der Waals surface area contributed by atoms with Gasteiger partial charge in [0.05, 0.1) is 19.8 Å². The number of piperidine rings is 1. The maximum atomic E-state index is 6.04. The lowest BCUT2D eigenvalue weighted by molar-refractivity contribution is -0.197. The van der Waals surface area contributed by atoms with E-state index in [9.17, 15) is 0 Å². The van der Waals surface area contributed by atoms with Crippen molar-refractivity contribution in [1.29, 1.82) is 0 Å². The van der Waals surface area contributed by atoms with Crippen LogP contribution in [0.3, 0.4) is 0 Å². The van der Waals surface area contributed by atoms with Gasteiger partial charge in [-0.25, -0.2) is 0 Å². The summed E-state index contributed by atoms with van der Waals surface area (Å²) in [5.74, 6) is 1.25. The highest BCUT2D eigenvalue weighted by molar-refractivity contribution is 4.92. The standard InChI is InChI=1S/C16H30N2O2/c1-2-13-4-5-14(11-17)15(10-13)18-7-3-6-16(12-18)19-8-9-20-16/h13-15H,2-12,17H2,1H3. The van der Waals surface area contributed by atoms with E-state index in [0.717, 1.165) is 38.6 Å². The zero-order valence-corrected chi connectivity index (χ0v) is 12.9. The molecule has 1 spiro atoms. The van der Waals surface area contributed by atoms with Gasteiger partial charge in [-0.2, -0.15) is 0 Å². The van der Waals surface area contributed by atoms with Crippen LogP contribution >= 0.6 is 0 Å². The molecule has 3 fully saturated rings. The van der Waals surface area contributed by atoms with Gasteiger partial charge >= 0.3 is 0 Å². The van der Waals surface area contributed by atoms with E-state index in [0.29, 0.717) is 12.0 Å². The molecule has 2 heterocycles. The molecule has 3 rings (SSSR count). The second kappa shape index (κ2) is 6.30. The normalized spacial score (nSPS) is 38.4. The summed E-state index contributed by atoms with van der Waals surface area (Å²) in [6, 6.07) is 0.642. The third-order valence-electron chi connectivity index (χ3n) is 5.67. The molecule has 0 bridgehead atoms. The van der Waals surface area contributed by atoms with Crippen LogP contribution in [0.5, 0.6) is 0 Å². The molecule has 0 amide bonds. The number of rotatable bonds is 3. The minimum atomic E-state index is -0.295. The molecule has 0 radical (unpaired) electrons. The number of likely N-dealkylation sites (tertiary alicyclic amines) is 1. The number of nitrogens with zero attached hydrogens (tertiary/aromatic N) is 1. The van der Waals surface area contributed by atoms with E-state index in [-0.39, 0.29) is 5.79 Å². The number of ether oxygens (including phenoxy) is 2. The summed E-state index contributed by atoms with van der Waals surface area (Å²) in [6.07, 6.45) is 7.52. The van der Waals surface area contributed by atoms with Crippen molar-refractivity contribution in [3.05, 3.63) is 0 Å². The van der Waals surface area contributed by atoms with Gasteiger partial charge in [0.1, 0.15) is 0 Å². The van der Waals surface area contributed by atoms with E-state index >= 15 is 0 Å². The first kappa shape index (κ1) is 14.8. The average Bonchev–Trinajstić information content (AvgIpc) is 2.94. The smallest absolute Gasteiger partial charge is 0.181 e. The lowest BCUT2D eigenvalue weighted by Gasteiger charge is -2.47. The number of hydrogen-bond donors (Lipinski definition) is 1. The van der Waals surface area contributed by atoms with Gasteiger partial charge in [0, 0.05) is 12.5 Å². The molecule has 1 saturated carbocycles. The van der Waals surface area contributed by atoms with Crippen molar-refractivity contribution < 1.29 is 9.47 Å². The van der Waals surface area contributed by atoms with Gasteiger partial charge in [-0.05, 0) is 44.2 Å². The van der Waals surface area contributed by atoms with Crippen molar-refractivity contribution in [2.75, 3.05) is 32.8 Å². The highest BCUT2D eigenvalue weighted by Gasteiger charge is 2.44. The van der Waals surface area contributed by atoms with Gasteiger partial charge in [-0.1, -0.05) is 19.8 Å². The predicted molar refractivity (Wildman–Crippen MR) is 79.4 cm³/mol. The maximum absolute atomic E-state index is 6.04. The molecule has 0 aromatic heterocycles. The molecular formula is C16H30N2O2. The van der Waals surface area contributed by atoms with E-state index in [1.54, 1.807) is 0 Å². The minimum absolute atomic E-state index is 0.295. The van der Waals surface area contributed by atoms with Crippen molar-refractivity contribution in [2.45, 2.75) is 57.3 Å². The van der Waals surface area contributed by atoms with Gasteiger partial charge in [-0.3, -0.25) is 4.90 Å². The molecular weight excluding hydrogens is 252 g/mol. The van der Waals surface area contributed by atoms with Crippen molar-refractivity contribution >= 4 is 0 Å². The molecule has 3 unspecified atom stereocenters. The molecule has 2 saturated heterocycles. The fourth-order valence-corrected chi connectivity index (χ4v) is 4.42. The monoisotopic (exact) mass is 282 g/mol. The Bertz CT molecular complexity index is 318. The molecule has 2 N–H and O–H groups in total. The van der Waals surface area contributed by atoms with E-state index in [1.807, 2.05) is 0 Å². The Labute approximate surface area is 123 Å². The summed E-state index contributed by atoms with van der Waals surface area (Å²) in [5.41, 5.74) is 6.04. The quantitative estimate of drug-likeness (QED) is 0.860. The Morgan fingerprint density at radius 3 is 2.75 bits per heavy atom. The van der Waals surface area contributed by atoms with Crippen molar-refractivity contribution in [1.82, 2.24) is 4.90 Å². The van der Waals surface area contributed by atoms with Gasteiger partial charge in [0.2, 0.25) is 0 Å². The first-order valence-electron chi connectivity index (χ1n) is 8.48. The van der Waals surface area contributed by atoms with Crippen LogP contribution in [0.15, 0.2) is 0 Å². The van der Waals surface area contributed by atoms with E-state index in [2.05, 4.69) is 11.8 Å². The third-order valence-corrected chi connectivity index (χ3v) is 5.67. The summed E-state index contributed by atoms with van der Waals surface area (Å²) in [5, 5.41) is 0. The molecule has 116 valence electrons. The second-order valence-electron chi connectivity index (χ2n) is 6.83. The Morgan fingerprint density at radius 2 is 2.05 bits per heavy atom. The topological polar surface area (TPSA) is 47.7 Å². The molecule has 2 aliphatic heterocycles. The van der Waals surface area contributed by atoms with Gasteiger partial charge < -0.3 is 15.2 Å². The Hall–Kier alpha value is -0.160. The molecule has 0 aromatic carbocycles. The zero-order chi connectivity index (χ0) is 14.0. The molecule has 3 atom stereocenters. The highest BCUT2D eigenvalue weighted by atomic mass is 16.7. The highest BCUT2D eigenvalue weighted by Crippen LogP contribution is 2.38. The van der Waals surface area contributed by atoms with Gasteiger partial charge in [-0.15, -0.1) is 0 Å². The van der Waals surface area contributed by atoms with E-state index in [1.165, 1.54) is 38.6 Å². The van der Waals surface area contributed by atoms with Crippen LogP contribution in [0.2, 0.25) is 0 Å². The first-order chi connectivity index (χ1) is 9.76. The van der Waals surface area contributed by atoms with Crippen LogP contribution in [0, 0.1) is 11.8 Å². The molecule has 20 heavy (non-hydrogen) atoms. The van der Waals surface area contributed by atoms with Crippen molar-refractivity contribution in [2.24, 2.45) is 17.6 Å². The first-order valence-corrected chi connectivity index (χ1v) is 8.48. The fraction of sp³-hybridized carbons (Fsp3) is 1.00. The van der Waals surface area contributed by atoms with Gasteiger partial charge in [0.25, 0.3) is 0 Å². The zero-order valence-electron chi connectivity index (χ0n) is 12.9. The van der Waals surface area contributed by atoms with Crippen LogP contribution in [0.4, 0.5) is 0 Å². The Kier molecular flexibility index (Phi) is 4.65. The average molecular weight is 282 g/mol. The molecule has 4 heteroatoms. The predicted octanol–water partition coefficient (Wildman–Crippen LogP) is 1.98. The minimum Gasteiger partial charge on any atom is -0.346 e. The lowest BCUT2D eigenvalue weighted by Crippen LogP contribution is -2.56.